The molecular formula is C10H26N2O4. The Morgan fingerprint density at radius 2 is 1.06 bits per heavy atom. The maximum absolute atomic E-state index is 8.09. The topological polar surface area (TPSA) is 111 Å². The third-order valence-corrected chi connectivity index (χ3v) is 1.46. The van der Waals surface area contributed by atoms with Crippen LogP contribution >= 0.6 is 0 Å². The first kappa shape index (κ1) is 18.1. The molecule has 6 N–H and O–H groups in total. The molecule has 0 aliphatic heterocycles. The maximum atomic E-state index is 8.09. The Balaban J connectivity index is 0. The van der Waals surface area contributed by atoms with Crippen molar-refractivity contribution >= 4 is 0 Å². The van der Waals surface area contributed by atoms with Gasteiger partial charge in [-0.25, -0.2) is 0 Å². The highest BCUT2D eigenvalue weighted by Crippen LogP contribution is 1.81. The molecule has 0 aromatic carbocycles. The first-order chi connectivity index (χ1) is 7.83. The van der Waals surface area contributed by atoms with Crippen molar-refractivity contribution in [1.29, 1.82) is 0 Å². The molecule has 0 atom stereocenters. The van der Waals surface area contributed by atoms with Crippen LogP contribution in [0.5, 0.6) is 0 Å². The highest BCUT2D eigenvalue weighted by atomic mass is 16.5. The number of rotatable bonds is 10. The third kappa shape index (κ3) is 23.5. The number of ether oxygens (including phenoxy) is 2. The van der Waals surface area contributed by atoms with E-state index in [1.54, 1.807) is 0 Å². The van der Waals surface area contributed by atoms with Crippen LogP contribution in [0, 0.1) is 0 Å². The summed E-state index contributed by atoms with van der Waals surface area (Å²) in [7, 11) is 0. The Morgan fingerprint density at radius 1 is 0.688 bits per heavy atom. The SMILES string of the molecule is NCCCOCCCN.OCCOCCO. The summed E-state index contributed by atoms with van der Waals surface area (Å²) >= 11 is 0. The molecule has 0 radical (unpaired) electrons. The molecular weight excluding hydrogens is 212 g/mol. The quantitative estimate of drug-likeness (QED) is 0.352. The van der Waals surface area contributed by atoms with E-state index in [-0.39, 0.29) is 13.2 Å². The average Bonchev–Trinajstić information content (AvgIpc) is 2.31. The summed E-state index contributed by atoms with van der Waals surface area (Å²) < 4.78 is 9.79. The molecule has 0 spiro atoms. The van der Waals surface area contributed by atoms with Gasteiger partial charge in [0.2, 0.25) is 0 Å². The van der Waals surface area contributed by atoms with Crippen LogP contribution in [0.15, 0.2) is 0 Å². The largest absolute Gasteiger partial charge is 0.394 e. The lowest BCUT2D eigenvalue weighted by Gasteiger charge is -1.99. The summed E-state index contributed by atoms with van der Waals surface area (Å²) in [5.41, 5.74) is 10.5. The van der Waals surface area contributed by atoms with Crippen molar-refractivity contribution in [3.8, 4) is 0 Å². The second-order valence-corrected chi connectivity index (χ2v) is 2.96. The zero-order chi connectivity index (χ0) is 12.5. The molecule has 6 nitrogen and oxygen atoms in total. The van der Waals surface area contributed by atoms with Crippen molar-refractivity contribution in [2.24, 2.45) is 11.5 Å². The summed E-state index contributed by atoms with van der Waals surface area (Å²) in [4.78, 5) is 0. The Labute approximate surface area is 97.5 Å². The maximum Gasteiger partial charge on any atom is 0.0698 e. The van der Waals surface area contributed by atoms with Crippen molar-refractivity contribution in [2.75, 3.05) is 52.7 Å². The van der Waals surface area contributed by atoms with Gasteiger partial charge in [0.1, 0.15) is 0 Å². The summed E-state index contributed by atoms with van der Waals surface area (Å²) in [6.45, 7) is 3.67. The Morgan fingerprint density at radius 3 is 1.38 bits per heavy atom. The number of nitrogens with two attached hydrogens (primary N) is 2. The average molecular weight is 238 g/mol. The van der Waals surface area contributed by atoms with Crippen molar-refractivity contribution in [1.82, 2.24) is 0 Å². The van der Waals surface area contributed by atoms with Gasteiger partial charge >= 0.3 is 0 Å². The van der Waals surface area contributed by atoms with E-state index >= 15 is 0 Å². The molecule has 0 bridgehead atoms. The molecule has 6 heteroatoms. The molecule has 0 amide bonds. The first-order valence-electron chi connectivity index (χ1n) is 5.60. The Bertz CT molecular complexity index is 96.8. The molecule has 0 saturated carbocycles. The van der Waals surface area contributed by atoms with Gasteiger partial charge in [-0.2, -0.15) is 0 Å². The van der Waals surface area contributed by atoms with Crippen LogP contribution in [-0.4, -0.2) is 62.9 Å². The van der Waals surface area contributed by atoms with E-state index in [0.717, 1.165) is 26.1 Å². The van der Waals surface area contributed by atoms with Gasteiger partial charge < -0.3 is 31.2 Å². The molecule has 0 aliphatic carbocycles. The second kappa shape index (κ2) is 20.2. The minimum Gasteiger partial charge on any atom is -0.394 e. The Hall–Kier alpha value is -0.240. The molecule has 0 heterocycles. The predicted molar refractivity (Wildman–Crippen MR) is 63.2 cm³/mol. The van der Waals surface area contributed by atoms with E-state index in [1.165, 1.54) is 0 Å². The van der Waals surface area contributed by atoms with E-state index < -0.39 is 0 Å². The van der Waals surface area contributed by atoms with Crippen LogP contribution in [0.3, 0.4) is 0 Å². The van der Waals surface area contributed by atoms with Gasteiger partial charge in [-0.15, -0.1) is 0 Å². The lowest BCUT2D eigenvalue weighted by molar-refractivity contribution is 0.0650. The standard InChI is InChI=1S/C6H16N2O.C4H10O3/c7-3-1-5-9-6-2-4-8;5-1-3-7-4-2-6/h1-8H2;5-6H,1-4H2. The number of hydrogen-bond acceptors (Lipinski definition) is 6. The van der Waals surface area contributed by atoms with Crippen molar-refractivity contribution in [2.45, 2.75) is 12.8 Å². The zero-order valence-corrected chi connectivity index (χ0v) is 9.94. The van der Waals surface area contributed by atoms with E-state index in [1.807, 2.05) is 0 Å². The number of aliphatic hydroxyl groups is 2. The van der Waals surface area contributed by atoms with E-state index in [4.69, 9.17) is 26.4 Å². The fourth-order valence-corrected chi connectivity index (χ4v) is 0.704. The zero-order valence-electron chi connectivity index (χ0n) is 9.94. The van der Waals surface area contributed by atoms with E-state index in [9.17, 15) is 0 Å². The number of aliphatic hydroxyl groups excluding tert-OH is 2. The molecule has 0 fully saturated rings. The lowest BCUT2D eigenvalue weighted by atomic mass is 10.4. The molecule has 0 rings (SSSR count). The van der Waals surface area contributed by atoms with Crippen LogP contribution in [0.4, 0.5) is 0 Å². The minimum absolute atomic E-state index is 0.0278. The normalized spacial score (nSPS) is 9.75. The van der Waals surface area contributed by atoms with Gasteiger partial charge in [-0.1, -0.05) is 0 Å². The summed E-state index contributed by atoms with van der Waals surface area (Å²) in [6, 6.07) is 0. The predicted octanol–water partition coefficient (Wildman–Crippen LogP) is -1.31. The lowest BCUT2D eigenvalue weighted by Crippen LogP contribution is -2.08. The molecule has 0 saturated heterocycles. The molecule has 0 unspecified atom stereocenters. The van der Waals surface area contributed by atoms with Crippen molar-refractivity contribution < 1.29 is 19.7 Å². The minimum atomic E-state index is 0.0278. The third-order valence-electron chi connectivity index (χ3n) is 1.46. The number of hydrogen-bond donors (Lipinski definition) is 4. The molecule has 100 valence electrons. The molecule has 0 aromatic heterocycles. The molecule has 0 aliphatic rings. The van der Waals surface area contributed by atoms with Crippen molar-refractivity contribution in [3.05, 3.63) is 0 Å². The van der Waals surface area contributed by atoms with Gasteiger partial charge in [0.25, 0.3) is 0 Å². The molecule has 16 heavy (non-hydrogen) atoms. The highest BCUT2D eigenvalue weighted by molar-refractivity contribution is 4.38. The van der Waals surface area contributed by atoms with Gasteiger partial charge in [-0.05, 0) is 25.9 Å². The van der Waals surface area contributed by atoms with Gasteiger partial charge in [-0.3, -0.25) is 0 Å². The smallest absolute Gasteiger partial charge is 0.0698 e. The van der Waals surface area contributed by atoms with Crippen LogP contribution in [0.1, 0.15) is 12.8 Å². The van der Waals surface area contributed by atoms with Gasteiger partial charge in [0.05, 0.1) is 26.4 Å². The summed E-state index contributed by atoms with van der Waals surface area (Å²) in [6.07, 6.45) is 1.90. The van der Waals surface area contributed by atoms with Crippen molar-refractivity contribution in [3.63, 3.8) is 0 Å². The molecule has 0 aromatic rings. The second-order valence-electron chi connectivity index (χ2n) is 2.96. The van der Waals surface area contributed by atoms with Gasteiger partial charge in [0, 0.05) is 13.2 Å². The summed E-state index contributed by atoms with van der Waals surface area (Å²) in [5.74, 6) is 0. The summed E-state index contributed by atoms with van der Waals surface area (Å²) in [5, 5.41) is 16.2. The van der Waals surface area contributed by atoms with E-state index in [0.29, 0.717) is 26.3 Å². The highest BCUT2D eigenvalue weighted by Gasteiger charge is 1.84. The van der Waals surface area contributed by atoms with Crippen LogP contribution in [0.25, 0.3) is 0 Å². The van der Waals surface area contributed by atoms with Crippen LogP contribution < -0.4 is 11.5 Å². The fraction of sp³-hybridized carbons (Fsp3) is 1.00. The van der Waals surface area contributed by atoms with Gasteiger partial charge in [0.15, 0.2) is 0 Å². The fourth-order valence-electron chi connectivity index (χ4n) is 0.704. The first-order valence-corrected chi connectivity index (χ1v) is 5.60. The van der Waals surface area contributed by atoms with Crippen LogP contribution in [-0.2, 0) is 9.47 Å². The monoisotopic (exact) mass is 238 g/mol. The van der Waals surface area contributed by atoms with Crippen LogP contribution in [0.2, 0.25) is 0 Å². The Kier molecular flexibility index (Phi) is 22.9. The van der Waals surface area contributed by atoms with E-state index in [2.05, 4.69) is 4.74 Å².